The molecule has 0 aliphatic heterocycles. The van der Waals surface area contributed by atoms with Crippen LogP contribution in [0.5, 0.6) is 0 Å². The Balaban J connectivity index is 2.23. The van der Waals surface area contributed by atoms with E-state index in [1.54, 1.807) is 0 Å². The van der Waals surface area contributed by atoms with E-state index in [1.165, 1.54) is 19.3 Å². The van der Waals surface area contributed by atoms with Crippen LogP contribution < -0.4 is 5.32 Å². The van der Waals surface area contributed by atoms with Gasteiger partial charge in [0, 0.05) is 18.8 Å². The Hall–Kier alpha value is -0.240. The first-order chi connectivity index (χ1) is 6.27. The number of carbonyl (C=O) groups excluding carboxylic acids is 1. The first-order valence-corrected chi connectivity index (χ1v) is 5.64. The lowest BCUT2D eigenvalue weighted by molar-refractivity contribution is -0.121. The SMILES string of the molecule is CCC(=O)NCC1CCCC1CCl. The topological polar surface area (TPSA) is 29.1 Å². The Bertz CT molecular complexity index is 172. The van der Waals surface area contributed by atoms with Crippen LogP contribution >= 0.6 is 11.6 Å². The molecule has 0 bridgehead atoms. The number of nitrogens with one attached hydrogen (secondary N) is 1. The molecule has 2 nitrogen and oxygen atoms in total. The number of hydrogen-bond acceptors (Lipinski definition) is 1. The molecule has 3 heteroatoms. The van der Waals surface area contributed by atoms with Crippen molar-refractivity contribution in [3.63, 3.8) is 0 Å². The maximum Gasteiger partial charge on any atom is 0.219 e. The zero-order chi connectivity index (χ0) is 9.68. The first-order valence-electron chi connectivity index (χ1n) is 5.10. The van der Waals surface area contributed by atoms with Crippen LogP contribution in [0, 0.1) is 11.8 Å². The molecule has 1 amide bonds. The minimum Gasteiger partial charge on any atom is -0.356 e. The number of halogens is 1. The van der Waals surface area contributed by atoms with Gasteiger partial charge in [0.15, 0.2) is 0 Å². The molecule has 2 unspecified atom stereocenters. The Morgan fingerprint density at radius 3 is 2.77 bits per heavy atom. The average Bonchev–Trinajstić information content (AvgIpc) is 2.61. The van der Waals surface area contributed by atoms with Crippen LogP contribution in [0.2, 0.25) is 0 Å². The van der Waals surface area contributed by atoms with E-state index in [9.17, 15) is 4.79 Å². The first kappa shape index (κ1) is 10.8. The second-order valence-electron chi connectivity index (χ2n) is 3.76. The molecule has 0 aromatic heterocycles. The summed E-state index contributed by atoms with van der Waals surface area (Å²) in [5.41, 5.74) is 0. The fourth-order valence-corrected chi connectivity index (χ4v) is 2.36. The molecule has 0 radical (unpaired) electrons. The van der Waals surface area contributed by atoms with Crippen molar-refractivity contribution in [2.45, 2.75) is 32.6 Å². The summed E-state index contributed by atoms with van der Waals surface area (Å²) in [6, 6.07) is 0. The van der Waals surface area contributed by atoms with Gasteiger partial charge in [-0.3, -0.25) is 4.79 Å². The monoisotopic (exact) mass is 203 g/mol. The highest BCUT2D eigenvalue weighted by atomic mass is 35.5. The molecule has 0 aromatic carbocycles. The Labute approximate surface area is 85.0 Å². The summed E-state index contributed by atoms with van der Waals surface area (Å²) in [7, 11) is 0. The van der Waals surface area contributed by atoms with Crippen LogP contribution in [0.15, 0.2) is 0 Å². The summed E-state index contributed by atoms with van der Waals surface area (Å²) < 4.78 is 0. The molecule has 0 saturated heterocycles. The second-order valence-corrected chi connectivity index (χ2v) is 4.07. The number of carbonyl (C=O) groups is 1. The molecule has 2 atom stereocenters. The van der Waals surface area contributed by atoms with Crippen LogP contribution in [-0.2, 0) is 4.79 Å². The Kier molecular flexibility index (Phi) is 4.57. The standard InChI is InChI=1S/C10H18ClNO/c1-2-10(13)12-7-9-5-3-4-8(9)6-11/h8-9H,2-7H2,1H3,(H,12,13). The predicted octanol–water partition coefficient (Wildman–Crippen LogP) is 2.17. The van der Waals surface area contributed by atoms with Gasteiger partial charge in [0.05, 0.1) is 0 Å². The summed E-state index contributed by atoms with van der Waals surface area (Å²) in [6.45, 7) is 2.70. The summed E-state index contributed by atoms with van der Waals surface area (Å²) in [4.78, 5) is 11.0. The highest BCUT2D eigenvalue weighted by molar-refractivity contribution is 6.18. The lowest BCUT2D eigenvalue weighted by Gasteiger charge is -2.17. The zero-order valence-electron chi connectivity index (χ0n) is 8.18. The molecular weight excluding hydrogens is 186 g/mol. The van der Waals surface area contributed by atoms with Crippen molar-refractivity contribution in [2.75, 3.05) is 12.4 Å². The van der Waals surface area contributed by atoms with Gasteiger partial charge in [-0.25, -0.2) is 0 Å². The predicted molar refractivity (Wildman–Crippen MR) is 54.9 cm³/mol. The van der Waals surface area contributed by atoms with Crippen LogP contribution in [0.3, 0.4) is 0 Å². The van der Waals surface area contributed by atoms with Gasteiger partial charge in [0.2, 0.25) is 5.91 Å². The highest BCUT2D eigenvalue weighted by Gasteiger charge is 2.26. The number of rotatable bonds is 4. The number of alkyl halides is 1. The summed E-state index contributed by atoms with van der Waals surface area (Å²) in [6.07, 6.45) is 4.31. The van der Waals surface area contributed by atoms with E-state index in [0.717, 1.165) is 12.4 Å². The molecule has 1 saturated carbocycles. The zero-order valence-corrected chi connectivity index (χ0v) is 8.94. The molecule has 1 N–H and O–H groups in total. The van der Waals surface area contributed by atoms with Crippen molar-refractivity contribution < 1.29 is 4.79 Å². The minimum atomic E-state index is 0.153. The highest BCUT2D eigenvalue weighted by Crippen LogP contribution is 2.31. The maximum atomic E-state index is 11.0. The van der Waals surface area contributed by atoms with E-state index in [1.807, 2.05) is 6.92 Å². The minimum absolute atomic E-state index is 0.153. The van der Waals surface area contributed by atoms with E-state index in [2.05, 4.69) is 5.32 Å². The molecule has 1 fully saturated rings. The van der Waals surface area contributed by atoms with Gasteiger partial charge in [-0.15, -0.1) is 11.6 Å². The quantitative estimate of drug-likeness (QED) is 0.698. The van der Waals surface area contributed by atoms with E-state index in [0.29, 0.717) is 18.3 Å². The normalized spacial score (nSPS) is 27.5. The van der Waals surface area contributed by atoms with Crippen LogP contribution in [-0.4, -0.2) is 18.3 Å². The van der Waals surface area contributed by atoms with Crippen LogP contribution in [0.1, 0.15) is 32.6 Å². The molecule has 13 heavy (non-hydrogen) atoms. The lowest BCUT2D eigenvalue weighted by Crippen LogP contribution is -2.30. The van der Waals surface area contributed by atoms with Crippen molar-refractivity contribution >= 4 is 17.5 Å². The van der Waals surface area contributed by atoms with E-state index in [4.69, 9.17) is 11.6 Å². The molecule has 76 valence electrons. The average molecular weight is 204 g/mol. The van der Waals surface area contributed by atoms with Crippen LogP contribution in [0.25, 0.3) is 0 Å². The van der Waals surface area contributed by atoms with Crippen molar-refractivity contribution in [3.8, 4) is 0 Å². The largest absolute Gasteiger partial charge is 0.356 e. The van der Waals surface area contributed by atoms with Gasteiger partial charge in [-0.2, -0.15) is 0 Å². The molecular formula is C10H18ClNO. The summed E-state index contributed by atoms with van der Waals surface area (Å²) >= 11 is 5.84. The van der Waals surface area contributed by atoms with Crippen molar-refractivity contribution in [3.05, 3.63) is 0 Å². The molecule has 1 aliphatic rings. The van der Waals surface area contributed by atoms with Gasteiger partial charge in [0.25, 0.3) is 0 Å². The smallest absolute Gasteiger partial charge is 0.219 e. The molecule has 0 heterocycles. The summed E-state index contributed by atoms with van der Waals surface area (Å²) in [5.74, 6) is 2.14. The Morgan fingerprint density at radius 1 is 1.46 bits per heavy atom. The molecule has 1 rings (SSSR count). The van der Waals surface area contributed by atoms with Crippen molar-refractivity contribution in [1.82, 2.24) is 5.32 Å². The third kappa shape index (κ3) is 3.18. The molecule has 0 spiro atoms. The van der Waals surface area contributed by atoms with Gasteiger partial charge < -0.3 is 5.32 Å². The van der Waals surface area contributed by atoms with Gasteiger partial charge in [0.1, 0.15) is 0 Å². The van der Waals surface area contributed by atoms with Gasteiger partial charge >= 0.3 is 0 Å². The van der Waals surface area contributed by atoms with E-state index >= 15 is 0 Å². The molecule has 1 aliphatic carbocycles. The van der Waals surface area contributed by atoms with Crippen molar-refractivity contribution in [1.29, 1.82) is 0 Å². The second kappa shape index (κ2) is 5.48. The fourth-order valence-electron chi connectivity index (χ4n) is 1.96. The van der Waals surface area contributed by atoms with Crippen molar-refractivity contribution in [2.24, 2.45) is 11.8 Å². The lowest BCUT2D eigenvalue weighted by atomic mass is 9.98. The van der Waals surface area contributed by atoms with Gasteiger partial charge in [-0.1, -0.05) is 13.3 Å². The Morgan fingerprint density at radius 2 is 2.15 bits per heavy atom. The summed E-state index contributed by atoms with van der Waals surface area (Å²) in [5, 5.41) is 2.94. The molecule has 0 aromatic rings. The maximum absolute atomic E-state index is 11.0. The number of amides is 1. The fraction of sp³-hybridized carbons (Fsp3) is 0.900. The third-order valence-corrected chi connectivity index (χ3v) is 3.29. The number of hydrogen-bond donors (Lipinski definition) is 1. The third-order valence-electron chi connectivity index (χ3n) is 2.90. The van der Waals surface area contributed by atoms with E-state index in [-0.39, 0.29) is 5.91 Å². The van der Waals surface area contributed by atoms with Crippen LogP contribution in [0.4, 0.5) is 0 Å². The van der Waals surface area contributed by atoms with E-state index < -0.39 is 0 Å². The van der Waals surface area contributed by atoms with Gasteiger partial charge in [-0.05, 0) is 24.7 Å².